The van der Waals surface area contributed by atoms with Gasteiger partial charge in [-0.05, 0) is 68.2 Å². The fourth-order valence-electron chi connectivity index (χ4n) is 2.26. The van der Waals surface area contributed by atoms with Gasteiger partial charge in [0.1, 0.15) is 5.75 Å². The summed E-state index contributed by atoms with van der Waals surface area (Å²) in [6.07, 6.45) is 6.02. The van der Waals surface area contributed by atoms with Gasteiger partial charge in [0.15, 0.2) is 0 Å². The molecular weight excluding hydrogens is 298 g/mol. The quantitative estimate of drug-likeness (QED) is 0.411. The second-order valence-corrected chi connectivity index (χ2v) is 5.89. The van der Waals surface area contributed by atoms with E-state index in [2.05, 4.69) is 18.7 Å². The van der Waals surface area contributed by atoms with Crippen molar-refractivity contribution >= 4 is 16.8 Å². The number of rotatable bonds is 12. The Morgan fingerprint density at radius 1 is 1.00 bits per heavy atom. The third kappa shape index (κ3) is 7.81. The van der Waals surface area contributed by atoms with E-state index in [1.54, 1.807) is 24.3 Å². The van der Waals surface area contributed by atoms with E-state index in [4.69, 9.17) is 16.3 Å². The summed E-state index contributed by atoms with van der Waals surface area (Å²) in [5, 5.41) is -0.436. The molecule has 0 heterocycles. The summed E-state index contributed by atoms with van der Waals surface area (Å²) in [6, 6.07) is 6.97. The number of unbranched alkanes of at least 4 members (excludes halogenated alkanes) is 2. The Morgan fingerprint density at radius 3 is 2.05 bits per heavy atom. The summed E-state index contributed by atoms with van der Waals surface area (Å²) in [4.78, 5) is 13.5. The van der Waals surface area contributed by atoms with Crippen molar-refractivity contribution < 1.29 is 9.53 Å². The van der Waals surface area contributed by atoms with Crippen molar-refractivity contribution in [2.45, 2.75) is 46.0 Å². The Hall–Kier alpha value is -1.06. The second-order valence-electron chi connectivity index (χ2n) is 5.55. The molecule has 4 heteroatoms. The van der Waals surface area contributed by atoms with Gasteiger partial charge in [-0.3, -0.25) is 4.79 Å². The molecule has 3 nitrogen and oxygen atoms in total. The van der Waals surface area contributed by atoms with Gasteiger partial charge in [-0.25, -0.2) is 0 Å². The molecule has 1 aromatic carbocycles. The van der Waals surface area contributed by atoms with Crippen LogP contribution in [-0.2, 0) is 0 Å². The normalized spacial score (nSPS) is 10.9. The molecule has 124 valence electrons. The standard InChI is InChI=1S/C18H28ClNO2/c1-3-5-12-20(13-6-4-2)14-7-15-22-17-10-8-16(9-11-17)18(19)21/h8-11H,3-7,12-15H2,1-2H3. The Balaban J connectivity index is 2.27. The van der Waals surface area contributed by atoms with E-state index in [0.717, 1.165) is 18.7 Å². The summed E-state index contributed by atoms with van der Waals surface area (Å²) in [5.74, 6) is 0.787. The van der Waals surface area contributed by atoms with Crippen molar-refractivity contribution in [3.63, 3.8) is 0 Å². The summed E-state index contributed by atoms with van der Waals surface area (Å²) in [7, 11) is 0. The third-order valence-electron chi connectivity index (χ3n) is 3.62. The molecule has 1 aromatic rings. The number of ether oxygens (including phenoxy) is 1. The molecule has 0 atom stereocenters. The number of halogens is 1. The maximum Gasteiger partial charge on any atom is 0.252 e. The molecule has 0 N–H and O–H groups in total. The van der Waals surface area contributed by atoms with Crippen LogP contribution in [0.2, 0.25) is 0 Å². The highest BCUT2D eigenvalue weighted by molar-refractivity contribution is 6.67. The van der Waals surface area contributed by atoms with Crippen LogP contribution in [0.25, 0.3) is 0 Å². The Bertz CT molecular complexity index is 412. The van der Waals surface area contributed by atoms with Crippen molar-refractivity contribution in [2.75, 3.05) is 26.2 Å². The first-order valence-electron chi connectivity index (χ1n) is 8.32. The van der Waals surface area contributed by atoms with Gasteiger partial charge >= 0.3 is 0 Å². The molecule has 0 radical (unpaired) electrons. The summed E-state index contributed by atoms with van der Waals surface area (Å²) >= 11 is 5.42. The van der Waals surface area contributed by atoms with Gasteiger partial charge in [-0.15, -0.1) is 0 Å². The van der Waals surface area contributed by atoms with E-state index in [1.165, 1.54) is 38.8 Å². The van der Waals surface area contributed by atoms with Gasteiger partial charge in [0.05, 0.1) is 6.61 Å². The first-order valence-corrected chi connectivity index (χ1v) is 8.70. The van der Waals surface area contributed by atoms with Crippen LogP contribution in [0.1, 0.15) is 56.3 Å². The lowest BCUT2D eigenvalue weighted by Gasteiger charge is -2.21. The first-order chi connectivity index (χ1) is 10.7. The minimum Gasteiger partial charge on any atom is -0.494 e. The highest BCUT2D eigenvalue weighted by Crippen LogP contribution is 2.14. The number of carbonyl (C=O) groups is 1. The number of hydrogen-bond donors (Lipinski definition) is 0. The average molecular weight is 326 g/mol. The van der Waals surface area contributed by atoms with Gasteiger partial charge in [0, 0.05) is 12.1 Å². The lowest BCUT2D eigenvalue weighted by Crippen LogP contribution is -2.28. The SMILES string of the molecule is CCCCN(CCCC)CCCOc1ccc(C(=O)Cl)cc1. The van der Waals surface area contributed by atoms with Crippen LogP contribution in [0.3, 0.4) is 0 Å². The van der Waals surface area contributed by atoms with Crippen LogP contribution >= 0.6 is 11.6 Å². The van der Waals surface area contributed by atoms with Gasteiger partial charge in [-0.1, -0.05) is 26.7 Å². The van der Waals surface area contributed by atoms with Crippen LogP contribution in [0.5, 0.6) is 5.75 Å². The molecule has 0 aromatic heterocycles. The minimum atomic E-state index is -0.436. The van der Waals surface area contributed by atoms with Crippen LogP contribution in [0, 0.1) is 0 Å². The van der Waals surface area contributed by atoms with E-state index < -0.39 is 5.24 Å². The molecular formula is C18H28ClNO2. The van der Waals surface area contributed by atoms with E-state index in [-0.39, 0.29) is 0 Å². The largest absolute Gasteiger partial charge is 0.494 e. The molecule has 0 fully saturated rings. The molecule has 0 aliphatic rings. The number of hydrogen-bond acceptors (Lipinski definition) is 3. The Kier molecular flexibility index (Phi) is 9.93. The van der Waals surface area contributed by atoms with Crippen molar-refractivity contribution in [3.8, 4) is 5.75 Å². The molecule has 0 saturated heterocycles. The lowest BCUT2D eigenvalue weighted by molar-refractivity contribution is 0.108. The second kappa shape index (κ2) is 11.5. The van der Waals surface area contributed by atoms with E-state index in [0.29, 0.717) is 12.2 Å². The predicted octanol–water partition coefficient (Wildman–Crippen LogP) is 4.74. The number of benzene rings is 1. The maximum atomic E-state index is 11.0. The van der Waals surface area contributed by atoms with Crippen LogP contribution in [-0.4, -0.2) is 36.4 Å². The molecule has 0 spiro atoms. The van der Waals surface area contributed by atoms with E-state index >= 15 is 0 Å². The summed E-state index contributed by atoms with van der Waals surface area (Å²) < 4.78 is 5.72. The molecule has 0 bridgehead atoms. The first kappa shape index (κ1) is 19.0. The van der Waals surface area contributed by atoms with Gasteiger partial charge < -0.3 is 9.64 Å². The van der Waals surface area contributed by atoms with Crippen LogP contribution in [0.4, 0.5) is 0 Å². The zero-order valence-electron chi connectivity index (χ0n) is 13.8. The third-order valence-corrected chi connectivity index (χ3v) is 3.84. The Morgan fingerprint density at radius 2 is 1.55 bits per heavy atom. The van der Waals surface area contributed by atoms with Gasteiger partial charge in [0.25, 0.3) is 5.24 Å². The highest BCUT2D eigenvalue weighted by Gasteiger charge is 2.04. The molecule has 22 heavy (non-hydrogen) atoms. The fraction of sp³-hybridized carbons (Fsp3) is 0.611. The molecule has 1 rings (SSSR count). The lowest BCUT2D eigenvalue weighted by atomic mass is 10.2. The summed E-state index contributed by atoms with van der Waals surface area (Å²) in [6.45, 7) is 8.61. The van der Waals surface area contributed by atoms with Crippen molar-refractivity contribution in [2.24, 2.45) is 0 Å². The molecule has 0 aliphatic carbocycles. The van der Waals surface area contributed by atoms with Crippen molar-refractivity contribution in [1.29, 1.82) is 0 Å². The van der Waals surface area contributed by atoms with Crippen molar-refractivity contribution in [1.82, 2.24) is 4.90 Å². The smallest absolute Gasteiger partial charge is 0.252 e. The molecule has 0 saturated carbocycles. The van der Waals surface area contributed by atoms with Gasteiger partial charge in [-0.2, -0.15) is 0 Å². The molecule has 0 amide bonds. The highest BCUT2D eigenvalue weighted by atomic mass is 35.5. The summed E-state index contributed by atoms with van der Waals surface area (Å²) in [5.41, 5.74) is 0.499. The molecule has 0 unspecified atom stereocenters. The average Bonchev–Trinajstić information content (AvgIpc) is 2.53. The minimum absolute atomic E-state index is 0.436. The topological polar surface area (TPSA) is 29.5 Å². The van der Waals surface area contributed by atoms with Crippen molar-refractivity contribution in [3.05, 3.63) is 29.8 Å². The maximum absolute atomic E-state index is 11.0. The number of nitrogens with zero attached hydrogens (tertiary/aromatic N) is 1. The number of carbonyl (C=O) groups excluding carboxylic acids is 1. The molecule has 0 aliphatic heterocycles. The monoisotopic (exact) mass is 325 g/mol. The predicted molar refractivity (Wildman–Crippen MR) is 93.0 cm³/mol. The Labute approximate surface area is 139 Å². The zero-order valence-corrected chi connectivity index (χ0v) is 14.6. The van der Waals surface area contributed by atoms with Crippen LogP contribution in [0.15, 0.2) is 24.3 Å². The van der Waals surface area contributed by atoms with E-state index in [9.17, 15) is 4.79 Å². The van der Waals surface area contributed by atoms with Crippen LogP contribution < -0.4 is 4.74 Å². The van der Waals surface area contributed by atoms with E-state index in [1.807, 2.05) is 0 Å². The fourth-order valence-corrected chi connectivity index (χ4v) is 2.39. The van der Waals surface area contributed by atoms with Gasteiger partial charge in [0.2, 0.25) is 0 Å². The zero-order chi connectivity index (χ0) is 16.2.